The third-order valence-corrected chi connectivity index (χ3v) is 8.56. The number of rotatable bonds is 4. The SMILES string of the molecule is O=S(=O)(c1ccc(F)cc1Cl)N1CCC2(CC1)C[C@@H]2c1nnc(-c2ccccc2)o1. The Morgan fingerprint density at radius 1 is 1.10 bits per heavy atom. The first-order chi connectivity index (χ1) is 14.4. The largest absolute Gasteiger partial charge is 0.420 e. The predicted octanol–water partition coefficient (Wildman–Crippen LogP) is 4.49. The number of nitrogens with zero attached hydrogens (tertiary/aromatic N) is 3. The normalized spacial score (nSPS) is 21.1. The van der Waals surface area contributed by atoms with Crippen LogP contribution in [0, 0.1) is 11.2 Å². The van der Waals surface area contributed by atoms with Crippen molar-refractivity contribution < 1.29 is 17.2 Å². The molecule has 1 aromatic heterocycles. The van der Waals surface area contributed by atoms with Gasteiger partial charge in [0.1, 0.15) is 10.7 Å². The topological polar surface area (TPSA) is 76.3 Å². The molecule has 0 unspecified atom stereocenters. The standard InChI is InChI=1S/C21H19ClFN3O3S/c22-17-12-15(23)6-7-18(17)30(27,28)26-10-8-21(9-11-26)13-16(21)20-25-24-19(29-20)14-4-2-1-3-5-14/h1-7,12,16H,8-11,13H2/t16-/m1/s1. The van der Waals surface area contributed by atoms with E-state index in [4.69, 9.17) is 16.0 Å². The Bertz CT molecular complexity index is 1190. The molecule has 2 aliphatic rings. The molecule has 156 valence electrons. The van der Waals surface area contributed by atoms with Crippen LogP contribution >= 0.6 is 11.6 Å². The second kappa shape index (κ2) is 7.14. The van der Waals surface area contributed by atoms with Crippen LogP contribution in [0.4, 0.5) is 4.39 Å². The third kappa shape index (κ3) is 3.33. The minimum atomic E-state index is -3.76. The molecule has 0 amide bonds. The van der Waals surface area contributed by atoms with E-state index in [9.17, 15) is 12.8 Å². The minimum Gasteiger partial charge on any atom is -0.420 e. The number of hydrogen-bond acceptors (Lipinski definition) is 5. The highest BCUT2D eigenvalue weighted by molar-refractivity contribution is 7.89. The molecule has 1 saturated carbocycles. The first kappa shape index (κ1) is 19.7. The summed E-state index contributed by atoms with van der Waals surface area (Å²) < 4.78 is 46.5. The molecular formula is C21H19ClFN3O3S. The lowest BCUT2D eigenvalue weighted by molar-refractivity contribution is 0.246. The average molecular weight is 448 g/mol. The number of benzene rings is 2. The molecular weight excluding hydrogens is 429 g/mol. The maximum Gasteiger partial charge on any atom is 0.247 e. The lowest BCUT2D eigenvalue weighted by atomic mass is 9.92. The predicted molar refractivity (Wildman–Crippen MR) is 109 cm³/mol. The zero-order chi connectivity index (χ0) is 20.9. The van der Waals surface area contributed by atoms with Gasteiger partial charge in [0.2, 0.25) is 21.8 Å². The molecule has 0 bridgehead atoms. The number of halogens is 2. The lowest BCUT2D eigenvalue weighted by Crippen LogP contribution is -2.39. The molecule has 2 aromatic carbocycles. The summed E-state index contributed by atoms with van der Waals surface area (Å²) in [5, 5.41) is 8.31. The Hall–Kier alpha value is -2.29. The van der Waals surface area contributed by atoms with Crippen molar-refractivity contribution in [3.05, 3.63) is 65.3 Å². The molecule has 1 spiro atoms. The van der Waals surface area contributed by atoms with E-state index in [1.807, 2.05) is 30.3 Å². The Morgan fingerprint density at radius 2 is 1.83 bits per heavy atom. The van der Waals surface area contributed by atoms with Gasteiger partial charge in [-0.2, -0.15) is 4.31 Å². The Labute approximate surface area is 178 Å². The first-order valence-corrected chi connectivity index (χ1v) is 11.5. The first-order valence-electron chi connectivity index (χ1n) is 9.73. The second-order valence-electron chi connectivity index (χ2n) is 7.91. The number of aromatic nitrogens is 2. The van der Waals surface area contributed by atoms with Crippen LogP contribution in [0.5, 0.6) is 0 Å². The maximum atomic E-state index is 13.3. The number of piperidine rings is 1. The van der Waals surface area contributed by atoms with E-state index in [1.54, 1.807) is 0 Å². The summed E-state index contributed by atoms with van der Waals surface area (Å²) in [4.78, 5) is -0.0572. The summed E-state index contributed by atoms with van der Waals surface area (Å²) in [6, 6.07) is 13.0. The van der Waals surface area contributed by atoms with E-state index in [1.165, 1.54) is 10.4 Å². The van der Waals surface area contributed by atoms with Crippen LogP contribution in [0.25, 0.3) is 11.5 Å². The average Bonchev–Trinajstić information content (AvgIpc) is 3.20. The van der Waals surface area contributed by atoms with Gasteiger partial charge in [-0.15, -0.1) is 10.2 Å². The fraction of sp³-hybridized carbons (Fsp3) is 0.333. The lowest BCUT2D eigenvalue weighted by Gasteiger charge is -2.32. The van der Waals surface area contributed by atoms with Crippen LogP contribution in [0.15, 0.2) is 57.8 Å². The molecule has 1 saturated heterocycles. The van der Waals surface area contributed by atoms with Gasteiger partial charge in [0.15, 0.2) is 0 Å². The fourth-order valence-electron chi connectivity index (χ4n) is 4.32. The quantitative estimate of drug-likeness (QED) is 0.589. The highest BCUT2D eigenvalue weighted by atomic mass is 35.5. The van der Waals surface area contributed by atoms with Crippen LogP contribution in [-0.4, -0.2) is 36.0 Å². The van der Waals surface area contributed by atoms with Crippen molar-refractivity contribution in [2.24, 2.45) is 5.41 Å². The molecule has 30 heavy (non-hydrogen) atoms. The van der Waals surface area contributed by atoms with Crippen LogP contribution in [0.1, 0.15) is 31.1 Å². The van der Waals surface area contributed by atoms with Gasteiger partial charge >= 0.3 is 0 Å². The van der Waals surface area contributed by atoms with Crippen molar-refractivity contribution in [3.8, 4) is 11.5 Å². The van der Waals surface area contributed by atoms with Crippen LogP contribution in [0.2, 0.25) is 5.02 Å². The number of hydrogen-bond donors (Lipinski definition) is 0. The summed E-state index contributed by atoms with van der Waals surface area (Å²) in [7, 11) is -3.76. The Morgan fingerprint density at radius 3 is 2.53 bits per heavy atom. The minimum absolute atomic E-state index is 0.000891. The molecule has 2 fully saturated rings. The van der Waals surface area contributed by atoms with Crippen molar-refractivity contribution in [2.75, 3.05) is 13.1 Å². The van der Waals surface area contributed by atoms with E-state index < -0.39 is 15.8 Å². The van der Waals surface area contributed by atoms with Gasteiger partial charge in [-0.05, 0) is 55.0 Å². The summed E-state index contributed by atoms with van der Waals surface area (Å²) in [5.41, 5.74) is 0.877. The zero-order valence-corrected chi connectivity index (χ0v) is 17.5. The smallest absolute Gasteiger partial charge is 0.247 e. The Kier molecular flexibility index (Phi) is 4.68. The molecule has 3 aromatic rings. The van der Waals surface area contributed by atoms with E-state index in [-0.39, 0.29) is 21.3 Å². The monoisotopic (exact) mass is 447 g/mol. The fourth-order valence-corrected chi connectivity index (χ4v) is 6.26. The van der Waals surface area contributed by atoms with Gasteiger partial charge in [0.05, 0.1) is 5.02 Å². The van der Waals surface area contributed by atoms with Gasteiger partial charge in [-0.25, -0.2) is 12.8 Å². The second-order valence-corrected chi connectivity index (χ2v) is 10.2. The zero-order valence-electron chi connectivity index (χ0n) is 16.0. The molecule has 9 heteroatoms. The molecule has 1 atom stereocenters. The van der Waals surface area contributed by atoms with Crippen molar-refractivity contribution in [2.45, 2.75) is 30.1 Å². The molecule has 0 N–H and O–H groups in total. The van der Waals surface area contributed by atoms with E-state index >= 15 is 0 Å². The van der Waals surface area contributed by atoms with E-state index in [0.717, 1.165) is 24.1 Å². The van der Waals surface area contributed by atoms with Gasteiger partial charge in [0, 0.05) is 24.6 Å². The van der Waals surface area contributed by atoms with Crippen LogP contribution in [-0.2, 0) is 10.0 Å². The van der Waals surface area contributed by atoms with E-state index in [0.29, 0.717) is 37.7 Å². The van der Waals surface area contributed by atoms with Gasteiger partial charge in [-0.3, -0.25) is 0 Å². The van der Waals surface area contributed by atoms with Crippen molar-refractivity contribution in [1.82, 2.24) is 14.5 Å². The summed E-state index contributed by atoms with van der Waals surface area (Å²) in [6.07, 6.45) is 2.33. The number of sulfonamides is 1. The molecule has 2 heterocycles. The molecule has 6 nitrogen and oxygen atoms in total. The van der Waals surface area contributed by atoms with Crippen LogP contribution < -0.4 is 0 Å². The molecule has 0 radical (unpaired) electrons. The Balaban J connectivity index is 1.28. The van der Waals surface area contributed by atoms with Crippen molar-refractivity contribution in [1.29, 1.82) is 0 Å². The summed E-state index contributed by atoms with van der Waals surface area (Å²) in [5.74, 6) is 0.707. The highest BCUT2D eigenvalue weighted by Crippen LogP contribution is 2.64. The van der Waals surface area contributed by atoms with Gasteiger partial charge < -0.3 is 4.42 Å². The van der Waals surface area contributed by atoms with Gasteiger partial charge in [-0.1, -0.05) is 29.8 Å². The van der Waals surface area contributed by atoms with Crippen molar-refractivity contribution >= 4 is 21.6 Å². The highest BCUT2D eigenvalue weighted by Gasteiger charge is 2.59. The van der Waals surface area contributed by atoms with Crippen LogP contribution in [0.3, 0.4) is 0 Å². The molecule has 5 rings (SSSR count). The molecule has 1 aliphatic heterocycles. The van der Waals surface area contributed by atoms with E-state index in [2.05, 4.69) is 10.2 Å². The van der Waals surface area contributed by atoms with Crippen molar-refractivity contribution in [3.63, 3.8) is 0 Å². The summed E-state index contributed by atoms with van der Waals surface area (Å²) >= 11 is 5.98. The molecule has 1 aliphatic carbocycles. The summed E-state index contributed by atoms with van der Waals surface area (Å²) in [6.45, 7) is 0.762. The third-order valence-electron chi connectivity index (χ3n) is 6.18. The van der Waals surface area contributed by atoms with Gasteiger partial charge in [0.25, 0.3) is 0 Å². The maximum absolute atomic E-state index is 13.3.